The van der Waals surface area contributed by atoms with Crippen LogP contribution in [0, 0.1) is 0 Å². The van der Waals surface area contributed by atoms with E-state index in [-0.39, 0.29) is 28.1 Å². The van der Waals surface area contributed by atoms with Gasteiger partial charge in [0.2, 0.25) is 0 Å². The molecule has 8 nitrogen and oxygen atoms in total. The van der Waals surface area contributed by atoms with Crippen molar-refractivity contribution in [3.8, 4) is 11.5 Å². The third-order valence-electron chi connectivity index (χ3n) is 4.22. The summed E-state index contributed by atoms with van der Waals surface area (Å²) in [5, 5.41) is 10.6. The summed E-state index contributed by atoms with van der Waals surface area (Å²) < 4.78 is 33.2. The number of carbonyl (C=O) groups excluding carboxylic acids is 1. The number of amides is 1. The molecule has 31 heavy (non-hydrogen) atoms. The largest absolute Gasteiger partial charge is 0.403 e. The second kappa shape index (κ2) is 8.58. The number of para-hydroxylation sites is 1. The highest BCUT2D eigenvalue weighted by molar-refractivity contribution is 7.92. The fourth-order valence-electron chi connectivity index (χ4n) is 2.76. The van der Waals surface area contributed by atoms with Gasteiger partial charge in [-0.25, -0.2) is 8.42 Å². The van der Waals surface area contributed by atoms with E-state index < -0.39 is 15.9 Å². The summed E-state index contributed by atoms with van der Waals surface area (Å²) in [6, 6.07) is 20.8. The number of anilines is 2. The SMILES string of the molecule is O=C(Nc1nnc(-c2ccccc2Cl)o1)c1ccccc1NS(=O)(=O)c1ccccc1. The van der Waals surface area contributed by atoms with E-state index in [1.54, 1.807) is 54.6 Å². The Morgan fingerprint density at radius 1 is 0.871 bits per heavy atom. The van der Waals surface area contributed by atoms with Gasteiger partial charge in [0.25, 0.3) is 21.8 Å². The summed E-state index contributed by atoms with van der Waals surface area (Å²) in [6.07, 6.45) is 0. The maximum absolute atomic E-state index is 12.8. The number of hydrogen-bond acceptors (Lipinski definition) is 6. The molecule has 0 atom stereocenters. The Hall–Kier alpha value is -3.69. The molecule has 0 unspecified atom stereocenters. The van der Waals surface area contributed by atoms with E-state index in [1.807, 2.05) is 0 Å². The normalized spacial score (nSPS) is 11.1. The molecule has 1 amide bonds. The molecule has 0 aliphatic carbocycles. The molecule has 0 aliphatic rings. The van der Waals surface area contributed by atoms with Crippen molar-refractivity contribution in [3.63, 3.8) is 0 Å². The first-order chi connectivity index (χ1) is 14.9. The minimum Gasteiger partial charge on any atom is -0.403 e. The number of carbonyl (C=O) groups is 1. The summed E-state index contributed by atoms with van der Waals surface area (Å²) >= 11 is 6.12. The van der Waals surface area contributed by atoms with Crippen LogP contribution in [-0.4, -0.2) is 24.5 Å². The van der Waals surface area contributed by atoms with E-state index in [1.165, 1.54) is 24.3 Å². The van der Waals surface area contributed by atoms with Crippen LogP contribution in [-0.2, 0) is 10.0 Å². The first-order valence-electron chi connectivity index (χ1n) is 9.01. The molecule has 3 aromatic carbocycles. The van der Waals surface area contributed by atoms with Gasteiger partial charge in [-0.15, -0.1) is 5.10 Å². The topological polar surface area (TPSA) is 114 Å². The van der Waals surface area contributed by atoms with E-state index >= 15 is 0 Å². The van der Waals surface area contributed by atoms with Gasteiger partial charge < -0.3 is 4.42 Å². The minimum absolute atomic E-state index is 0.0755. The molecule has 0 saturated carbocycles. The van der Waals surface area contributed by atoms with Gasteiger partial charge in [0.05, 0.1) is 26.7 Å². The van der Waals surface area contributed by atoms with Crippen molar-refractivity contribution in [1.82, 2.24) is 10.2 Å². The van der Waals surface area contributed by atoms with E-state index in [0.717, 1.165) is 0 Å². The van der Waals surface area contributed by atoms with Gasteiger partial charge in [0.15, 0.2) is 0 Å². The highest BCUT2D eigenvalue weighted by Gasteiger charge is 2.20. The van der Waals surface area contributed by atoms with E-state index in [2.05, 4.69) is 20.2 Å². The molecule has 1 heterocycles. The van der Waals surface area contributed by atoms with Crippen molar-refractivity contribution in [2.24, 2.45) is 0 Å². The van der Waals surface area contributed by atoms with Crippen molar-refractivity contribution in [2.45, 2.75) is 4.90 Å². The average Bonchev–Trinajstić information content (AvgIpc) is 3.23. The van der Waals surface area contributed by atoms with Crippen molar-refractivity contribution in [3.05, 3.63) is 89.4 Å². The van der Waals surface area contributed by atoms with E-state index in [9.17, 15) is 13.2 Å². The lowest BCUT2D eigenvalue weighted by atomic mass is 10.2. The molecule has 0 saturated heterocycles. The van der Waals surface area contributed by atoms with Gasteiger partial charge in [-0.05, 0) is 36.4 Å². The lowest BCUT2D eigenvalue weighted by Crippen LogP contribution is -2.18. The van der Waals surface area contributed by atoms with Crippen LogP contribution in [0.15, 0.2) is 88.2 Å². The van der Waals surface area contributed by atoms with E-state index in [0.29, 0.717) is 10.6 Å². The Bertz CT molecular complexity index is 1340. The quantitative estimate of drug-likeness (QED) is 0.445. The summed E-state index contributed by atoms with van der Waals surface area (Å²) in [7, 11) is -3.87. The van der Waals surface area contributed by atoms with Gasteiger partial charge in [-0.1, -0.05) is 59.2 Å². The molecule has 2 N–H and O–H groups in total. The van der Waals surface area contributed by atoms with Crippen molar-refractivity contribution in [1.29, 1.82) is 0 Å². The monoisotopic (exact) mass is 454 g/mol. The number of sulfonamides is 1. The highest BCUT2D eigenvalue weighted by Crippen LogP contribution is 2.28. The Kier molecular flexibility index (Phi) is 5.70. The van der Waals surface area contributed by atoms with Gasteiger partial charge >= 0.3 is 6.01 Å². The standard InChI is InChI=1S/C21H15ClN4O4S/c22-17-12-6-4-10-15(17)20-24-25-21(30-20)23-19(27)16-11-5-7-13-18(16)26-31(28,29)14-8-2-1-3-9-14/h1-13,26H,(H,23,25,27). The Morgan fingerprint density at radius 3 is 2.32 bits per heavy atom. The Balaban J connectivity index is 1.56. The fourth-order valence-corrected chi connectivity index (χ4v) is 4.07. The average molecular weight is 455 g/mol. The minimum atomic E-state index is -3.87. The summed E-state index contributed by atoms with van der Waals surface area (Å²) in [4.78, 5) is 12.8. The van der Waals surface area contributed by atoms with Crippen molar-refractivity contribution < 1.29 is 17.6 Å². The van der Waals surface area contributed by atoms with Crippen molar-refractivity contribution in [2.75, 3.05) is 10.0 Å². The molecule has 4 rings (SSSR count). The van der Waals surface area contributed by atoms with Crippen LogP contribution in [0.3, 0.4) is 0 Å². The number of benzene rings is 3. The Morgan fingerprint density at radius 2 is 1.55 bits per heavy atom. The van der Waals surface area contributed by atoms with Crippen LogP contribution in [0.2, 0.25) is 5.02 Å². The highest BCUT2D eigenvalue weighted by atomic mass is 35.5. The zero-order valence-electron chi connectivity index (χ0n) is 15.8. The van der Waals surface area contributed by atoms with Gasteiger partial charge in [0.1, 0.15) is 0 Å². The molecule has 0 aliphatic heterocycles. The summed E-state index contributed by atoms with van der Waals surface area (Å²) in [5.41, 5.74) is 0.711. The van der Waals surface area contributed by atoms with Crippen LogP contribution in [0.4, 0.5) is 11.7 Å². The number of nitrogens with one attached hydrogen (secondary N) is 2. The second-order valence-electron chi connectivity index (χ2n) is 6.31. The first-order valence-corrected chi connectivity index (χ1v) is 10.9. The first kappa shape index (κ1) is 20.6. The molecule has 0 fully saturated rings. The molecule has 0 bridgehead atoms. The number of halogens is 1. The van der Waals surface area contributed by atoms with Crippen LogP contribution >= 0.6 is 11.6 Å². The van der Waals surface area contributed by atoms with Crippen molar-refractivity contribution >= 4 is 39.2 Å². The number of hydrogen-bond donors (Lipinski definition) is 2. The smallest absolute Gasteiger partial charge is 0.322 e. The summed E-state index contributed by atoms with van der Waals surface area (Å²) in [5.74, 6) is -0.486. The predicted molar refractivity (Wildman–Crippen MR) is 116 cm³/mol. The van der Waals surface area contributed by atoms with Gasteiger partial charge in [0, 0.05) is 0 Å². The van der Waals surface area contributed by atoms with E-state index in [4.69, 9.17) is 16.0 Å². The number of aromatic nitrogens is 2. The van der Waals surface area contributed by atoms with Crippen LogP contribution in [0.5, 0.6) is 0 Å². The molecular formula is C21H15ClN4O4S. The lowest BCUT2D eigenvalue weighted by molar-refractivity contribution is 0.102. The summed E-state index contributed by atoms with van der Waals surface area (Å²) in [6.45, 7) is 0. The zero-order valence-corrected chi connectivity index (χ0v) is 17.4. The molecule has 0 radical (unpaired) electrons. The zero-order chi connectivity index (χ0) is 21.8. The molecule has 0 spiro atoms. The molecule has 1 aromatic heterocycles. The maximum Gasteiger partial charge on any atom is 0.322 e. The molecule has 4 aromatic rings. The van der Waals surface area contributed by atoms with Crippen LogP contribution in [0.25, 0.3) is 11.5 Å². The third kappa shape index (κ3) is 4.57. The fraction of sp³-hybridized carbons (Fsp3) is 0. The lowest BCUT2D eigenvalue weighted by Gasteiger charge is -2.11. The number of nitrogens with zero attached hydrogens (tertiary/aromatic N) is 2. The molecule has 10 heteroatoms. The van der Waals surface area contributed by atoms with Gasteiger partial charge in [-0.2, -0.15) is 0 Å². The van der Waals surface area contributed by atoms with Crippen LogP contribution in [0.1, 0.15) is 10.4 Å². The number of rotatable bonds is 6. The predicted octanol–water partition coefficient (Wildman–Crippen LogP) is 4.44. The van der Waals surface area contributed by atoms with Gasteiger partial charge in [-0.3, -0.25) is 14.8 Å². The maximum atomic E-state index is 12.8. The molecular weight excluding hydrogens is 440 g/mol. The molecule has 156 valence electrons. The third-order valence-corrected chi connectivity index (χ3v) is 5.93. The Labute approximate surface area is 182 Å². The second-order valence-corrected chi connectivity index (χ2v) is 8.40. The van der Waals surface area contributed by atoms with Crippen LogP contribution < -0.4 is 10.0 Å².